The number of rotatable bonds is 11. The lowest BCUT2D eigenvalue weighted by atomic mass is 10.1. The Balaban J connectivity index is 0.00000450. The van der Waals surface area contributed by atoms with Gasteiger partial charge in [-0.3, -0.25) is 4.79 Å². The lowest BCUT2D eigenvalue weighted by molar-refractivity contribution is 0.0953. The van der Waals surface area contributed by atoms with Gasteiger partial charge in [-0.05, 0) is 49.6 Å². The molecule has 0 atom stereocenters. The van der Waals surface area contributed by atoms with Crippen molar-refractivity contribution in [2.45, 2.75) is 33.2 Å². The molecule has 6 nitrogen and oxygen atoms in total. The largest absolute Gasteiger partial charge is 0.494 e. The van der Waals surface area contributed by atoms with E-state index in [2.05, 4.69) is 20.9 Å². The van der Waals surface area contributed by atoms with Crippen molar-refractivity contribution in [2.75, 3.05) is 26.2 Å². The Kier molecular flexibility index (Phi) is 13.3. The first-order valence-corrected chi connectivity index (χ1v) is 10.3. The number of para-hydroxylation sites is 1. The summed E-state index contributed by atoms with van der Waals surface area (Å²) in [6, 6.07) is 17.4. The minimum Gasteiger partial charge on any atom is -0.494 e. The zero-order chi connectivity index (χ0) is 20.7. The normalized spacial score (nSPS) is 10.7. The lowest BCUT2D eigenvalue weighted by Gasteiger charge is -2.12. The molecule has 2 aromatic rings. The summed E-state index contributed by atoms with van der Waals surface area (Å²) in [5.74, 6) is 1.60. The Hall–Kier alpha value is -2.29. The maximum Gasteiger partial charge on any atom is 0.251 e. The van der Waals surface area contributed by atoms with Crippen LogP contribution in [0.4, 0.5) is 0 Å². The van der Waals surface area contributed by atoms with Gasteiger partial charge in [0.2, 0.25) is 0 Å². The number of carbonyl (C=O) groups excluding carboxylic acids is 1. The number of amides is 1. The number of ether oxygens (including phenoxy) is 1. The van der Waals surface area contributed by atoms with Gasteiger partial charge in [0.15, 0.2) is 5.96 Å². The van der Waals surface area contributed by atoms with Crippen LogP contribution in [0.3, 0.4) is 0 Å². The maximum absolute atomic E-state index is 12.1. The third kappa shape index (κ3) is 9.96. The molecule has 0 bridgehead atoms. The Bertz CT molecular complexity index is 769. The molecule has 0 saturated carbocycles. The molecule has 0 saturated heterocycles. The highest BCUT2D eigenvalue weighted by Crippen LogP contribution is 2.08. The average molecular weight is 524 g/mol. The molecule has 0 aliphatic heterocycles. The summed E-state index contributed by atoms with van der Waals surface area (Å²) in [7, 11) is 0. The predicted octanol–water partition coefficient (Wildman–Crippen LogP) is 3.97. The van der Waals surface area contributed by atoms with Gasteiger partial charge < -0.3 is 20.7 Å². The maximum atomic E-state index is 12.1. The number of halogens is 1. The number of benzene rings is 2. The molecular weight excluding hydrogens is 491 g/mol. The molecule has 0 aromatic heterocycles. The first-order chi connectivity index (χ1) is 14.2. The van der Waals surface area contributed by atoms with Crippen LogP contribution < -0.4 is 20.7 Å². The van der Waals surface area contributed by atoms with E-state index in [1.54, 1.807) is 0 Å². The molecule has 0 radical (unpaired) electrons. The molecule has 2 aromatic carbocycles. The summed E-state index contributed by atoms with van der Waals surface area (Å²) in [6.45, 7) is 7.45. The summed E-state index contributed by atoms with van der Waals surface area (Å²) in [4.78, 5) is 16.7. The van der Waals surface area contributed by atoms with E-state index in [1.165, 1.54) is 0 Å². The first-order valence-electron chi connectivity index (χ1n) is 10.3. The van der Waals surface area contributed by atoms with Gasteiger partial charge in [0.05, 0.1) is 13.2 Å². The van der Waals surface area contributed by atoms with Crippen LogP contribution in [0.15, 0.2) is 59.6 Å². The summed E-state index contributed by atoms with van der Waals surface area (Å²) in [5.41, 5.74) is 1.67. The smallest absolute Gasteiger partial charge is 0.251 e. The molecule has 3 N–H and O–H groups in total. The SMILES string of the molecule is CCCNC(=O)c1cccc(CN=C(NCC)NCCCOc2ccccc2)c1.I. The number of carbonyl (C=O) groups is 1. The molecule has 30 heavy (non-hydrogen) atoms. The fourth-order valence-corrected chi connectivity index (χ4v) is 2.65. The van der Waals surface area contributed by atoms with Crippen LogP contribution in [0.1, 0.15) is 42.6 Å². The van der Waals surface area contributed by atoms with Crippen molar-refractivity contribution in [3.8, 4) is 5.75 Å². The van der Waals surface area contributed by atoms with Crippen LogP contribution in [0.2, 0.25) is 0 Å². The summed E-state index contributed by atoms with van der Waals surface area (Å²) in [5, 5.41) is 9.47. The van der Waals surface area contributed by atoms with Crippen molar-refractivity contribution < 1.29 is 9.53 Å². The summed E-state index contributed by atoms with van der Waals surface area (Å²) < 4.78 is 5.70. The zero-order valence-electron chi connectivity index (χ0n) is 17.8. The van der Waals surface area contributed by atoms with E-state index in [1.807, 2.05) is 68.4 Å². The fraction of sp³-hybridized carbons (Fsp3) is 0.391. The highest BCUT2D eigenvalue weighted by molar-refractivity contribution is 14.0. The fourth-order valence-electron chi connectivity index (χ4n) is 2.65. The van der Waals surface area contributed by atoms with Gasteiger partial charge in [0.25, 0.3) is 5.91 Å². The molecule has 0 aliphatic rings. The lowest BCUT2D eigenvalue weighted by Crippen LogP contribution is -2.38. The van der Waals surface area contributed by atoms with Crippen LogP contribution in [0.5, 0.6) is 5.75 Å². The number of aliphatic imine (C=N–C) groups is 1. The van der Waals surface area contributed by atoms with Gasteiger partial charge in [0, 0.05) is 25.2 Å². The van der Waals surface area contributed by atoms with Gasteiger partial charge in [-0.2, -0.15) is 0 Å². The van der Waals surface area contributed by atoms with Crippen LogP contribution >= 0.6 is 24.0 Å². The number of nitrogens with zero attached hydrogens (tertiary/aromatic N) is 1. The Morgan fingerprint density at radius 3 is 2.50 bits per heavy atom. The quantitative estimate of drug-likeness (QED) is 0.180. The van der Waals surface area contributed by atoms with E-state index >= 15 is 0 Å². The standard InChI is InChI=1S/C23H32N4O2.HI/c1-3-14-25-22(28)20-11-8-10-19(17-20)18-27-23(24-4-2)26-15-9-16-29-21-12-6-5-7-13-21;/h5-8,10-13,17H,3-4,9,14-16,18H2,1-2H3,(H,25,28)(H2,24,26,27);1H. The van der Waals surface area contributed by atoms with Crippen molar-refractivity contribution in [1.82, 2.24) is 16.0 Å². The van der Waals surface area contributed by atoms with Crippen LogP contribution in [-0.2, 0) is 6.54 Å². The van der Waals surface area contributed by atoms with E-state index < -0.39 is 0 Å². The van der Waals surface area contributed by atoms with E-state index in [9.17, 15) is 4.79 Å². The van der Waals surface area contributed by atoms with Crippen molar-refractivity contribution in [2.24, 2.45) is 4.99 Å². The van der Waals surface area contributed by atoms with Gasteiger partial charge in [-0.25, -0.2) is 4.99 Å². The minimum absolute atomic E-state index is 0. The number of nitrogens with one attached hydrogen (secondary N) is 3. The van der Waals surface area contributed by atoms with E-state index in [0.29, 0.717) is 25.3 Å². The van der Waals surface area contributed by atoms with Crippen LogP contribution in [-0.4, -0.2) is 38.1 Å². The molecule has 0 aliphatic carbocycles. The summed E-state index contributed by atoms with van der Waals surface area (Å²) in [6.07, 6.45) is 1.79. The third-order valence-electron chi connectivity index (χ3n) is 4.11. The highest BCUT2D eigenvalue weighted by Gasteiger charge is 2.05. The number of hydrogen-bond acceptors (Lipinski definition) is 3. The average Bonchev–Trinajstić information content (AvgIpc) is 2.76. The van der Waals surface area contributed by atoms with Gasteiger partial charge in [-0.1, -0.05) is 37.3 Å². The van der Waals surface area contributed by atoms with Crippen molar-refractivity contribution >= 4 is 35.8 Å². The molecule has 0 heterocycles. The predicted molar refractivity (Wildman–Crippen MR) is 134 cm³/mol. The molecular formula is C23H33IN4O2. The van der Waals surface area contributed by atoms with Gasteiger partial charge in [-0.15, -0.1) is 24.0 Å². The van der Waals surface area contributed by atoms with E-state index in [0.717, 1.165) is 43.2 Å². The molecule has 7 heteroatoms. The van der Waals surface area contributed by atoms with E-state index in [-0.39, 0.29) is 29.9 Å². The monoisotopic (exact) mass is 524 g/mol. The second kappa shape index (κ2) is 15.5. The van der Waals surface area contributed by atoms with Crippen LogP contribution in [0, 0.1) is 0 Å². The second-order valence-corrected chi connectivity index (χ2v) is 6.59. The van der Waals surface area contributed by atoms with Crippen LogP contribution in [0.25, 0.3) is 0 Å². The summed E-state index contributed by atoms with van der Waals surface area (Å²) >= 11 is 0. The second-order valence-electron chi connectivity index (χ2n) is 6.59. The Morgan fingerprint density at radius 1 is 0.967 bits per heavy atom. The molecule has 2 rings (SSSR count). The Morgan fingerprint density at radius 2 is 1.77 bits per heavy atom. The minimum atomic E-state index is -0.0406. The van der Waals surface area contributed by atoms with Gasteiger partial charge >= 0.3 is 0 Å². The van der Waals surface area contributed by atoms with Gasteiger partial charge in [0.1, 0.15) is 5.75 Å². The molecule has 1 amide bonds. The first kappa shape index (κ1) is 25.7. The zero-order valence-corrected chi connectivity index (χ0v) is 20.1. The number of hydrogen-bond donors (Lipinski definition) is 3. The molecule has 0 unspecified atom stereocenters. The molecule has 164 valence electrons. The van der Waals surface area contributed by atoms with Crippen molar-refractivity contribution in [3.63, 3.8) is 0 Å². The van der Waals surface area contributed by atoms with Crippen molar-refractivity contribution in [1.29, 1.82) is 0 Å². The third-order valence-corrected chi connectivity index (χ3v) is 4.11. The van der Waals surface area contributed by atoms with E-state index in [4.69, 9.17) is 4.74 Å². The number of guanidine groups is 1. The molecule has 0 spiro atoms. The van der Waals surface area contributed by atoms with Crippen molar-refractivity contribution in [3.05, 3.63) is 65.7 Å². The topological polar surface area (TPSA) is 74.8 Å². The Labute approximate surface area is 196 Å². The molecule has 0 fully saturated rings. The highest BCUT2D eigenvalue weighted by atomic mass is 127.